The van der Waals surface area contributed by atoms with E-state index in [-0.39, 0.29) is 6.10 Å². The van der Waals surface area contributed by atoms with E-state index in [4.69, 9.17) is 4.74 Å². The Morgan fingerprint density at radius 1 is 1.10 bits per heavy atom. The number of hydrogen-bond acceptors (Lipinski definition) is 2. The first-order valence-corrected chi connectivity index (χ1v) is 8.25. The SMILES string of the molecule is Brc1cccc(C(CNC2CC2)OCc2ccccc2)c1. The van der Waals surface area contributed by atoms with Crippen LogP contribution in [0.1, 0.15) is 30.1 Å². The molecule has 1 atom stereocenters. The lowest BCUT2D eigenvalue weighted by atomic mass is 10.1. The molecule has 2 nitrogen and oxygen atoms in total. The monoisotopic (exact) mass is 345 g/mol. The van der Waals surface area contributed by atoms with Crippen molar-refractivity contribution in [3.05, 3.63) is 70.2 Å². The zero-order chi connectivity index (χ0) is 14.5. The molecule has 2 aromatic rings. The first-order chi connectivity index (χ1) is 10.3. The van der Waals surface area contributed by atoms with Gasteiger partial charge in [-0.05, 0) is 36.1 Å². The van der Waals surface area contributed by atoms with Crippen molar-refractivity contribution >= 4 is 15.9 Å². The topological polar surface area (TPSA) is 21.3 Å². The fourth-order valence-corrected chi connectivity index (χ4v) is 2.73. The van der Waals surface area contributed by atoms with Crippen LogP contribution in [0.25, 0.3) is 0 Å². The van der Waals surface area contributed by atoms with E-state index in [0.717, 1.165) is 11.0 Å². The molecule has 0 spiro atoms. The molecule has 1 N–H and O–H groups in total. The van der Waals surface area contributed by atoms with Crippen molar-refractivity contribution in [3.63, 3.8) is 0 Å². The van der Waals surface area contributed by atoms with E-state index >= 15 is 0 Å². The molecule has 1 aliphatic rings. The van der Waals surface area contributed by atoms with E-state index in [2.05, 4.69) is 63.7 Å². The maximum absolute atomic E-state index is 6.16. The average Bonchev–Trinajstić information content (AvgIpc) is 3.32. The van der Waals surface area contributed by atoms with Gasteiger partial charge < -0.3 is 10.1 Å². The summed E-state index contributed by atoms with van der Waals surface area (Å²) >= 11 is 3.54. The van der Waals surface area contributed by atoms with E-state index in [0.29, 0.717) is 12.6 Å². The van der Waals surface area contributed by atoms with Crippen molar-refractivity contribution in [1.82, 2.24) is 5.32 Å². The molecule has 0 aromatic heterocycles. The predicted molar refractivity (Wildman–Crippen MR) is 89.1 cm³/mol. The number of halogens is 1. The lowest BCUT2D eigenvalue weighted by molar-refractivity contribution is 0.0395. The van der Waals surface area contributed by atoms with Crippen LogP contribution in [0.4, 0.5) is 0 Å². The number of benzene rings is 2. The first kappa shape index (κ1) is 14.8. The zero-order valence-corrected chi connectivity index (χ0v) is 13.6. The van der Waals surface area contributed by atoms with Gasteiger partial charge in [0.25, 0.3) is 0 Å². The summed E-state index contributed by atoms with van der Waals surface area (Å²) in [5, 5.41) is 3.57. The van der Waals surface area contributed by atoms with Crippen LogP contribution in [0.2, 0.25) is 0 Å². The van der Waals surface area contributed by atoms with E-state index in [1.165, 1.54) is 24.0 Å². The summed E-state index contributed by atoms with van der Waals surface area (Å²) in [6, 6.07) is 19.4. The second-order valence-electron chi connectivity index (χ2n) is 5.52. The van der Waals surface area contributed by atoms with Gasteiger partial charge in [-0.25, -0.2) is 0 Å². The average molecular weight is 346 g/mol. The third-order valence-electron chi connectivity index (χ3n) is 3.68. The molecule has 0 saturated heterocycles. The Bertz CT molecular complexity index is 568. The van der Waals surface area contributed by atoms with Gasteiger partial charge in [0.2, 0.25) is 0 Å². The summed E-state index contributed by atoms with van der Waals surface area (Å²) < 4.78 is 7.26. The van der Waals surface area contributed by atoms with Crippen LogP contribution in [0.5, 0.6) is 0 Å². The first-order valence-electron chi connectivity index (χ1n) is 7.45. The van der Waals surface area contributed by atoms with Crippen molar-refractivity contribution < 1.29 is 4.74 Å². The maximum Gasteiger partial charge on any atom is 0.0954 e. The summed E-state index contributed by atoms with van der Waals surface area (Å²) in [7, 11) is 0. The summed E-state index contributed by atoms with van der Waals surface area (Å²) in [5.74, 6) is 0. The number of ether oxygens (including phenoxy) is 1. The van der Waals surface area contributed by atoms with E-state index in [1.54, 1.807) is 0 Å². The highest BCUT2D eigenvalue weighted by atomic mass is 79.9. The van der Waals surface area contributed by atoms with Gasteiger partial charge in [-0.3, -0.25) is 0 Å². The van der Waals surface area contributed by atoms with Crippen LogP contribution < -0.4 is 5.32 Å². The van der Waals surface area contributed by atoms with E-state index in [9.17, 15) is 0 Å². The van der Waals surface area contributed by atoms with Crippen LogP contribution in [0.3, 0.4) is 0 Å². The smallest absolute Gasteiger partial charge is 0.0954 e. The van der Waals surface area contributed by atoms with Crippen LogP contribution in [-0.2, 0) is 11.3 Å². The molecule has 1 fully saturated rings. The van der Waals surface area contributed by atoms with Gasteiger partial charge in [-0.2, -0.15) is 0 Å². The Labute approximate surface area is 134 Å². The molecule has 110 valence electrons. The molecular formula is C18H20BrNO. The number of hydrogen-bond donors (Lipinski definition) is 1. The summed E-state index contributed by atoms with van der Waals surface area (Å²) in [6.45, 7) is 1.51. The van der Waals surface area contributed by atoms with Crippen LogP contribution in [0.15, 0.2) is 59.1 Å². The van der Waals surface area contributed by atoms with Gasteiger partial charge in [0.05, 0.1) is 12.7 Å². The maximum atomic E-state index is 6.16. The Balaban J connectivity index is 1.65. The molecule has 0 radical (unpaired) electrons. The fourth-order valence-electron chi connectivity index (χ4n) is 2.31. The highest BCUT2D eigenvalue weighted by Gasteiger charge is 2.22. The molecule has 0 heterocycles. The standard InChI is InChI=1S/C18H20BrNO/c19-16-8-4-7-15(11-16)18(12-20-17-9-10-17)21-13-14-5-2-1-3-6-14/h1-8,11,17-18,20H,9-10,12-13H2. The van der Waals surface area contributed by atoms with E-state index < -0.39 is 0 Å². The van der Waals surface area contributed by atoms with Gasteiger partial charge >= 0.3 is 0 Å². The highest BCUT2D eigenvalue weighted by Crippen LogP contribution is 2.24. The van der Waals surface area contributed by atoms with Crippen LogP contribution in [-0.4, -0.2) is 12.6 Å². The number of rotatable bonds is 7. The fraction of sp³-hybridized carbons (Fsp3) is 0.333. The molecule has 1 aliphatic carbocycles. The van der Waals surface area contributed by atoms with Gasteiger partial charge in [-0.15, -0.1) is 0 Å². The van der Waals surface area contributed by atoms with Gasteiger partial charge in [0.1, 0.15) is 0 Å². The molecule has 0 aliphatic heterocycles. The summed E-state index contributed by atoms with van der Waals surface area (Å²) in [6.07, 6.45) is 2.68. The zero-order valence-electron chi connectivity index (χ0n) is 12.0. The van der Waals surface area contributed by atoms with Gasteiger partial charge in [0, 0.05) is 17.1 Å². The molecule has 2 aromatic carbocycles. The Morgan fingerprint density at radius 2 is 1.90 bits per heavy atom. The molecule has 1 saturated carbocycles. The summed E-state index contributed by atoms with van der Waals surface area (Å²) in [5.41, 5.74) is 2.43. The highest BCUT2D eigenvalue weighted by molar-refractivity contribution is 9.10. The third kappa shape index (κ3) is 4.67. The Kier molecular flexibility index (Phi) is 5.07. The summed E-state index contributed by atoms with van der Waals surface area (Å²) in [4.78, 5) is 0. The second-order valence-corrected chi connectivity index (χ2v) is 6.44. The minimum atomic E-state index is 0.0864. The van der Waals surface area contributed by atoms with Crippen molar-refractivity contribution in [1.29, 1.82) is 0 Å². The lowest BCUT2D eigenvalue weighted by Crippen LogP contribution is -2.25. The lowest BCUT2D eigenvalue weighted by Gasteiger charge is -2.19. The third-order valence-corrected chi connectivity index (χ3v) is 4.18. The molecule has 0 bridgehead atoms. The Hall–Kier alpha value is -1.16. The normalized spacial score (nSPS) is 15.9. The van der Waals surface area contributed by atoms with Crippen molar-refractivity contribution in [3.8, 4) is 0 Å². The minimum absolute atomic E-state index is 0.0864. The van der Waals surface area contributed by atoms with Gasteiger partial charge in [-0.1, -0.05) is 58.4 Å². The quantitative estimate of drug-likeness (QED) is 0.799. The van der Waals surface area contributed by atoms with Crippen molar-refractivity contribution in [2.75, 3.05) is 6.54 Å². The number of nitrogens with one attached hydrogen (secondary N) is 1. The Morgan fingerprint density at radius 3 is 2.62 bits per heavy atom. The minimum Gasteiger partial charge on any atom is -0.368 e. The molecule has 1 unspecified atom stereocenters. The van der Waals surface area contributed by atoms with E-state index in [1.807, 2.05) is 12.1 Å². The largest absolute Gasteiger partial charge is 0.368 e. The van der Waals surface area contributed by atoms with Gasteiger partial charge in [0.15, 0.2) is 0 Å². The van der Waals surface area contributed by atoms with Crippen molar-refractivity contribution in [2.45, 2.75) is 31.6 Å². The predicted octanol–water partition coefficient (Wildman–Crippen LogP) is 4.46. The molecule has 3 rings (SSSR count). The molecule has 21 heavy (non-hydrogen) atoms. The molecule has 3 heteroatoms. The second kappa shape index (κ2) is 7.21. The van der Waals surface area contributed by atoms with Crippen molar-refractivity contribution in [2.24, 2.45) is 0 Å². The molecule has 0 amide bonds. The van der Waals surface area contributed by atoms with Crippen LogP contribution >= 0.6 is 15.9 Å². The molecular weight excluding hydrogens is 326 g/mol. The van der Waals surface area contributed by atoms with Crippen LogP contribution in [0, 0.1) is 0 Å².